The number of benzene rings is 1. The van der Waals surface area contributed by atoms with Crippen LogP contribution in [0.5, 0.6) is 0 Å². The van der Waals surface area contributed by atoms with E-state index in [1.54, 1.807) is 18.5 Å². The molecule has 1 aromatic carbocycles. The first-order valence-corrected chi connectivity index (χ1v) is 5.97. The van der Waals surface area contributed by atoms with Crippen LogP contribution in [-0.4, -0.2) is 16.1 Å². The minimum absolute atomic E-state index is 0.189. The normalized spacial score (nSPS) is 10.2. The van der Waals surface area contributed by atoms with Crippen LogP contribution in [0.1, 0.15) is 10.4 Å². The number of aromatic nitrogens is 1. The van der Waals surface area contributed by atoms with E-state index < -0.39 is 5.97 Å². The highest BCUT2D eigenvalue weighted by Gasteiger charge is 2.07. The van der Waals surface area contributed by atoms with E-state index in [0.29, 0.717) is 5.02 Å². The molecule has 2 rings (SSSR count). The van der Waals surface area contributed by atoms with Gasteiger partial charge in [-0.05, 0) is 30.3 Å². The molecule has 0 bridgehead atoms. The molecule has 1 heterocycles. The number of pyridine rings is 1. The van der Waals surface area contributed by atoms with Crippen LogP contribution >= 0.6 is 23.4 Å². The first kappa shape index (κ1) is 12.0. The third-order valence-corrected chi connectivity index (χ3v) is 3.56. The number of aromatic carboxylic acids is 1. The molecule has 17 heavy (non-hydrogen) atoms. The maximum Gasteiger partial charge on any atom is 0.335 e. The van der Waals surface area contributed by atoms with Crippen molar-refractivity contribution in [1.82, 2.24) is 4.98 Å². The summed E-state index contributed by atoms with van der Waals surface area (Å²) in [5.74, 6) is -0.979. The Morgan fingerprint density at radius 1 is 1.24 bits per heavy atom. The maximum atomic E-state index is 10.7. The number of carbonyl (C=O) groups is 1. The van der Waals surface area contributed by atoms with Gasteiger partial charge in [0.05, 0.1) is 10.6 Å². The van der Waals surface area contributed by atoms with Gasteiger partial charge in [0.15, 0.2) is 0 Å². The van der Waals surface area contributed by atoms with E-state index in [9.17, 15) is 4.79 Å². The molecule has 0 aliphatic rings. The molecule has 0 saturated heterocycles. The number of carboxylic acid groups (broad SMARTS) is 1. The van der Waals surface area contributed by atoms with Crippen LogP contribution in [0.3, 0.4) is 0 Å². The van der Waals surface area contributed by atoms with Crippen molar-refractivity contribution in [3.05, 3.63) is 53.3 Å². The Balaban J connectivity index is 2.26. The van der Waals surface area contributed by atoms with Crippen LogP contribution in [0.4, 0.5) is 0 Å². The molecule has 0 aliphatic heterocycles. The number of nitrogens with zero attached hydrogens (tertiary/aromatic N) is 1. The second-order valence-corrected chi connectivity index (χ2v) is 4.76. The van der Waals surface area contributed by atoms with E-state index in [-0.39, 0.29) is 5.56 Å². The van der Waals surface area contributed by atoms with Crippen LogP contribution in [0.15, 0.2) is 52.5 Å². The first-order valence-electron chi connectivity index (χ1n) is 4.77. The molecule has 3 nitrogen and oxygen atoms in total. The molecule has 0 radical (unpaired) electrons. The Labute approximate surface area is 107 Å². The van der Waals surface area contributed by atoms with Crippen molar-refractivity contribution in [3.63, 3.8) is 0 Å². The smallest absolute Gasteiger partial charge is 0.335 e. The van der Waals surface area contributed by atoms with Crippen molar-refractivity contribution in [2.45, 2.75) is 9.79 Å². The molecule has 1 N–H and O–H groups in total. The van der Waals surface area contributed by atoms with Gasteiger partial charge in [-0.25, -0.2) is 4.79 Å². The van der Waals surface area contributed by atoms with Gasteiger partial charge in [-0.3, -0.25) is 4.98 Å². The maximum absolute atomic E-state index is 10.7. The monoisotopic (exact) mass is 265 g/mol. The molecule has 1 aromatic heterocycles. The second kappa shape index (κ2) is 5.21. The van der Waals surface area contributed by atoms with E-state index in [1.807, 2.05) is 12.1 Å². The van der Waals surface area contributed by atoms with E-state index in [4.69, 9.17) is 16.7 Å². The molecule has 0 unspecified atom stereocenters. The summed E-state index contributed by atoms with van der Waals surface area (Å²) in [5.41, 5.74) is 0.189. The van der Waals surface area contributed by atoms with E-state index in [0.717, 1.165) is 9.79 Å². The molecular weight excluding hydrogens is 258 g/mol. The lowest BCUT2D eigenvalue weighted by atomic mass is 10.2. The minimum Gasteiger partial charge on any atom is -0.478 e. The van der Waals surface area contributed by atoms with Gasteiger partial charge >= 0.3 is 5.97 Å². The molecule has 0 spiro atoms. The predicted octanol–water partition coefficient (Wildman–Crippen LogP) is 3.58. The van der Waals surface area contributed by atoms with Gasteiger partial charge in [0.25, 0.3) is 0 Å². The average Bonchev–Trinajstić information content (AvgIpc) is 2.33. The fourth-order valence-electron chi connectivity index (χ4n) is 1.25. The summed E-state index contributed by atoms with van der Waals surface area (Å²) in [6.07, 6.45) is 3.39. The number of carboxylic acids is 1. The molecule has 86 valence electrons. The van der Waals surface area contributed by atoms with Gasteiger partial charge in [-0.15, -0.1) is 0 Å². The highest BCUT2D eigenvalue weighted by atomic mass is 35.5. The summed E-state index contributed by atoms with van der Waals surface area (Å²) in [4.78, 5) is 16.5. The lowest BCUT2D eigenvalue weighted by Crippen LogP contribution is -1.95. The summed E-state index contributed by atoms with van der Waals surface area (Å²) in [7, 11) is 0. The number of hydrogen-bond donors (Lipinski definition) is 1. The van der Waals surface area contributed by atoms with Crippen molar-refractivity contribution in [2.24, 2.45) is 0 Å². The summed E-state index contributed by atoms with van der Waals surface area (Å²) < 4.78 is 0. The van der Waals surface area contributed by atoms with Crippen molar-refractivity contribution >= 4 is 29.3 Å². The van der Waals surface area contributed by atoms with E-state index >= 15 is 0 Å². The van der Waals surface area contributed by atoms with Gasteiger partial charge in [0.1, 0.15) is 0 Å². The summed E-state index contributed by atoms with van der Waals surface area (Å²) in [6, 6.07) is 8.43. The average molecular weight is 266 g/mol. The Bertz CT molecular complexity index is 545. The third kappa shape index (κ3) is 2.99. The molecule has 0 amide bonds. The van der Waals surface area contributed by atoms with Gasteiger partial charge in [-0.1, -0.05) is 23.4 Å². The molecular formula is C12H8ClNO2S. The number of rotatable bonds is 3. The van der Waals surface area contributed by atoms with Crippen LogP contribution in [0.2, 0.25) is 5.02 Å². The fraction of sp³-hybridized carbons (Fsp3) is 0. The van der Waals surface area contributed by atoms with Crippen molar-refractivity contribution in [2.75, 3.05) is 0 Å². The summed E-state index contributed by atoms with van der Waals surface area (Å²) >= 11 is 7.49. The Kier molecular flexibility index (Phi) is 3.66. The highest BCUT2D eigenvalue weighted by molar-refractivity contribution is 7.99. The summed E-state index contributed by atoms with van der Waals surface area (Å²) in [5, 5.41) is 9.25. The highest BCUT2D eigenvalue weighted by Crippen LogP contribution is 2.33. The van der Waals surface area contributed by atoms with Crippen molar-refractivity contribution in [3.8, 4) is 0 Å². The Morgan fingerprint density at radius 3 is 2.53 bits per heavy atom. The molecule has 5 heteroatoms. The van der Waals surface area contributed by atoms with Crippen molar-refractivity contribution < 1.29 is 9.90 Å². The SMILES string of the molecule is O=C(O)c1ccc(Sc2ccncc2)c(Cl)c1. The van der Waals surface area contributed by atoms with Crippen LogP contribution in [0, 0.1) is 0 Å². The molecule has 0 saturated carbocycles. The Hall–Kier alpha value is -1.52. The Morgan fingerprint density at radius 2 is 1.94 bits per heavy atom. The van der Waals surface area contributed by atoms with E-state index in [1.165, 1.54) is 23.9 Å². The van der Waals surface area contributed by atoms with Crippen LogP contribution < -0.4 is 0 Å². The largest absolute Gasteiger partial charge is 0.478 e. The molecule has 0 fully saturated rings. The lowest BCUT2D eigenvalue weighted by molar-refractivity contribution is 0.0697. The topological polar surface area (TPSA) is 50.2 Å². The van der Waals surface area contributed by atoms with Crippen LogP contribution in [-0.2, 0) is 0 Å². The van der Waals surface area contributed by atoms with Crippen molar-refractivity contribution in [1.29, 1.82) is 0 Å². The molecule has 0 atom stereocenters. The number of hydrogen-bond acceptors (Lipinski definition) is 3. The lowest BCUT2D eigenvalue weighted by Gasteiger charge is -2.04. The van der Waals surface area contributed by atoms with E-state index in [2.05, 4.69) is 4.98 Å². The number of halogens is 1. The quantitative estimate of drug-likeness (QED) is 0.921. The zero-order valence-electron chi connectivity index (χ0n) is 8.63. The van der Waals surface area contributed by atoms with Gasteiger partial charge in [0, 0.05) is 22.2 Å². The fourth-order valence-corrected chi connectivity index (χ4v) is 2.35. The van der Waals surface area contributed by atoms with Gasteiger partial charge < -0.3 is 5.11 Å². The molecule has 0 aliphatic carbocycles. The predicted molar refractivity (Wildman–Crippen MR) is 66.8 cm³/mol. The van der Waals surface area contributed by atoms with Gasteiger partial charge in [0.2, 0.25) is 0 Å². The standard InChI is InChI=1S/C12H8ClNO2S/c13-10-7-8(12(15)16)1-2-11(10)17-9-3-5-14-6-4-9/h1-7H,(H,15,16). The van der Waals surface area contributed by atoms with Gasteiger partial charge in [-0.2, -0.15) is 0 Å². The first-order chi connectivity index (χ1) is 8.16. The van der Waals surface area contributed by atoms with Crippen LogP contribution in [0.25, 0.3) is 0 Å². The zero-order valence-corrected chi connectivity index (χ0v) is 10.2. The summed E-state index contributed by atoms with van der Waals surface area (Å²) in [6.45, 7) is 0. The minimum atomic E-state index is -0.979. The third-order valence-electron chi connectivity index (χ3n) is 2.06. The second-order valence-electron chi connectivity index (χ2n) is 3.24. The zero-order chi connectivity index (χ0) is 12.3. The molecule has 2 aromatic rings.